The van der Waals surface area contributed by atoms with Crippen molar-refractivity contribution in [3.05, 3.63) is 76.4 Å². The first-order valence-electron chi connectivity index (χ1n) is 12.6. The first-order valence-corrected chi connectivity index (χ1v) is 12.6. The lowest BCUT2D eigenvalue weighted by Crippen LogP contribution is -2.37. The van der Waals surface area contributed by atoms with Gasteiger partial charge < -0.3 is 14.7 Å². The third-order valence-corrected chi connectivity index (χ3v) is 6.10. The maximum atomic E-state index is 13.1. The molecular formula is C28H35N5O4. The first kappa shape index (κ1) is 27.6. The Labute approximate surface area is 216 Å². The van der Waals surface area contributed by atoms with Gasteiger partial charge in [0.1, 0.15) is 11.4 Å². The van der Waals surface area contributed by atoms with Gasteiger partial charge in [-0.25, -0.2) is 9.79 Å². The van der Waals surface area contributed by atoms with E-state index < -0.39 is 11.6 Å². The number of unbranched alkanes of at least 4 members (excludes halogenated alkanes) is 3. The van der Waals surface area contributed by atoms with Gasteiger partial charge in [-0.3, -0.25) is 19.5 Å². The Morgan fingerprint density at radius 1 is 1.11 bits per heavy atom. The number of nitrogens with one attached hydrogen (secondary N) is 2. The molecule has 0 spiro atoms. The van der Waals surface area contributed by atoms with Gasteiger partial charge in [-0.15, -0.1) is 0 Å². The molecule has 0 atom stereocenters. The van der Waals surface area contributed by atoms with Crippen molar-refractivity contribution in [1.82, 2.24) is 19.9 Å². The quantitative estimate of drug-likeness (QED) is 0.209. The summed E-state index contributed by atoms with van der Waals surface area (Å²) in [6.07, 6.45) is 6.94. The summed E-state index contributed by atoms with van der Waals surface area (Å²) in [4.78, 5) is 52.6. The fraction of sp³-hybridized carbons (Fsp3) is 0.393. The van der Waals surface area contributed by atoms with E-state index in [2.05, 4.69) is 33.4 Å². The minimum Gasteiger partial charge on any atom is -0.479 e. The Morgan fingerprint density at radius 2 is 1.89 bits per heavy atom. The average molecular weight is 506 g/mol. The van der Waals surface area contributed by atoms with E-state index >= 15 is 0 Å². The van der Waals surface area contributed by atoms with Crippen LogP contribution < -0.4 is 5.69 Å². The Hall–Kier alpha value is -4.01. The van der Waals surface area contributed by atoms with Crippen LogP contribution in [-0.2, 0) is 16.0 Å². The second kappa shape index (κ2) is 13.3. The SMILES string of the molecule is C=C(CCCCN(C(C)=O)C(=O)c1[nH]c(=O)[nH]c1CCCCC)N=C(OC)c1nccc2ccccc12. The predicted octanol–water partition coefficient (Wildman–Crippen LogP) is 4.75. The Morgan fingerprint density at radius 3 is 2.62 bits per heavy atom. The highest BCUT2D eigenvalue weighted by Crippen LogP contribution is 2.19. The largest absolute Gasteiger partial charge is 0.479 e. The molecule has 2 N–H and O–H groups in total. The molecule has 0 aliphatic rings. The van der Waals surface area contributed by atoms with E-state index in [1.165, 1.54) is 11.8 Å². The molecule has 0 aliphatic carbocycles. The van der Waals surface area contributed by atoms with Gasteiger partial charge >= 0.3 is 5.69 Å². The summed E-state index contributed by atoms with van der Waals surface area (Å²) >= 11 is 0. The van der Waals surface area contributed by atoms with Crippen molar-refractivity contribution in [2.24, 2.45) is 4.99 Å². The maximum absolute atomic E-state index is 13.1. The number of imide groups is 1. The zero-order valence-corrected chi connectivity index (χ0v) is 21.8. The van der Waals surface area contributed by atoms with Crippen molar-refractivity contribution in [3.8, 4) is 0 Å². The number of nitrogens with zero attached hydrogens (tertiary/aromatic N) is 3. The van der Waals surface area contributed by atoms with Gasteiger partial charge in [0.05, 0.1) is 7.11 Å². The van der Waals surface area contributed by atoms with Gasteiger partial charge in [-0.05, 0) is 43.6 Å². The molecule has 37 heavy (non-hydrogen) atoms. The molecule has 3 aromatic rings. The summed E-state index contributed by atoms with van der Waals surface area (Å²) in [6.45, 7) is 7.71. The Bertz CT molecular complexity index is 1330. The first-order chi connectivity index (χ1) is 17.8. The number of rotatable bonds is 12. The number of amides is 2. The number of methoxy groups -OCH3 is 1. The molecule has 196 valence electrons. The van der Waals surface area contributed by atoms with Gasteiger partial charge in [0.25, 0.3) is 5.91 Å². The lowest BCUT2D eigenvalue weighted by molar-refractivity contribution is -0.126. The van der Waals surface area contributed by atoms with Crippen LogP contribution in [0.5, 0.6) is 0 Å². The molecule has 2 heterocycles. The fourth-order valence-electron chi connectivity index (χ4n) is 4.16. The summed E-state index contributed by atoms with van der Waals surface area (Å²) in [5, 5.41) is 1.97. The maximum Gasteiger partial charge on any atom is 0.323 e. The molecule has 0 saturated heterocycles. The van der Waals surface area contributed by atoms with Crippen LogP contribution >= 0.6 is 0 Å². The average Bonchev–Trinajstić information content (AvgIpc) is 3.26. The molecular weight excluding hydrogens is 470 g/mol. The molecule has 9 heteroatoms. The minimum absolute atomic E-state index is 0.164. The number of aromatic amines is 2. The molecule has 0 aliphatic heterocycles. The van der Waals surface area contributed by atoms with Gasteiger partial charge in [0.2, 0.25) is 11.8 Å². The number of allylic oxidation sites excluding steroid dienone is 1. The Kier molecular flexibility index (Phi) is 9.94. The van der Waals surface area contributed by atoms with E-state index in [9.17, 15) is 14.4 Å². The van der Waals surface area contributed by atoms with Crippen LogP contribution in [0.15, 0.2) is 58.6 Å². The molecule has 0 saturated carbocycles. The number of carbonyl (C=O) groups is 2. The zero-order chi connectivity index (χ0) is 26.8. The number of aromatic nitrogens is 3. The summed E-state index contributed by atoms with van der Waals surface area (Å²) in [5.41, 5.74) is 1.53. The normalized spacial score (nSPS) is 11.5. The van der Waals surface area contributed by atoms with Crippen LogP contribution in [0.2, 0.25) is 0 Å². The van der Waals surface area contributed by atoms with Gasteiger partial charge in [0, 0.05) is 36.4 Å². The minimum atomic E-state index is -0.488. The lowest BCUT2D eigenvalue weighted by Gasteiger charge is -2.19. The van der Waals surface area contributed by atoms with E-state index in [0.29, 0.717) is 48.7 Å². The number of H-pyrrole nitrogens is 2. The number of pyridine rings is 1. The third-order valence-electron chi connectivity index (χ3n) is 6.10. The molecule has 3 rings (SSSR count). The highest BCUT2D eigenvalue weighted by molar-refractivity contribution is 6.05. The monoisotopic (exact) mass is 505 g/mol. The number of imidazole rings is 1. The number of hydrogen-bond acceptors (Lipinski definition) is 6. The fourth-order valence-corrected chi connectivity index (χ4v) is 4.16. The van der Waals surface area contributed by atoms with Gasteiger partial charge in [0.15, 0.2) is 0 Å². The van der Waals surface area contributed by atoms with E-state index in [-0.39, 0.29) is 18.1 Å². The molecule has 0 fully saturated rings. The van der Waals surface area contributed by atoms with E-state index in [1.807, 2.05) is 30.3 Å². The molecule has 0 radical (unpaired) electrons. The number of ether oxygens (including phenoxy) is 1. The van der Waals surface area contributed by atoms with E-state index in [0.717, 1.165) is 30.0 Å². The number of aryl methyl sites for hydroxylation is 1. The van der Waals surface area contributed by atoms with Gasteiger partial charge in [-0.1, -0.05) is 50.6 Å². The highest BCUT2D eigenvalue weighted by Gasteiger charge is 2.24. The number of carbonyl (C=O) groups excluding carboxylic acids is 2. The second-order valence-electron chi connectivity index (χ2n) is 8.89. The smallest absolute Gasteiger partial charge is 0.323 e. The van der Waals surface area contributed by atoms with Crippen molar-refractivity contribution >= 4 is 28.5 Å². The van der Waals surface area contributed by atoms with Crippen LogP contribution in [0.3, 0.4) is 0 Å². The lowest BCUT2D eigenvalue weighted by atomic mass is 10.1. The Balaban J connectivity index is 1.61. The van der Waals surface area contributed by atoms with E-state index in [1.54, 1.807) is 13.3 Å². The highest BCUT2D eigenvalue weighted by atomic mass is 16.5. The zero-order valence-electron chi connectivity index (χ0n) is 21.8. The summed E-state index contributed by atoms with van der Waals surface area (Å²) in [6, 6.07) is 9.80. The van der Waals surface area contributed by atoms with Crippen molar-refractivity contribution in [3.63, 3.8) is 0 Å². The number of aliphatic imine (C=N–C) groups is 1. The van der Waals surface area contributed by atoms with E-state index in [4.69, 9.17) is 4.74 Å². The third kappa shape index (κ3) is 7.25. The van der Waals surface area contributed by atoms with Crippen molar-refractivity contribution in [2.75, 3.05) is 13.7 Å². The summed E-state index contributed by atoms with van der Waals surface area (Å²) in [5.74, 6) is -0.473. The molecule has 0 unspecified atom stereocenters. The van der Waals surface area contributed by atoms with Crippen molar-refractivity contribution < 1.29 is 14.3 Å². The number of fused-ring (bicyclic) bond motifs is 1. The topological polar surface area (TPSA) is 121 Å². The van der Waals surface area contributed by atoms with Crippen molar-refractivity contribution in [2.45, 2.75) is 58.8 Å². The summed E-state index contributed by atoms with van der Waals surface area (Å²) < 4.78 is 5.52. The van der Waals surface area contributed by atoms with Crippen LogP contribution in [0.1, 0.15) is 74.2 Å². The molecule has 2 amide bonds. The van der Waals surface area contributed by atoms with Crippen LogP contribution in [0.25, 0.3) is 10.8 Å². The van der Waals surface area contributed by atoms with Crippen LogP contribution in [-0.4, -0.2) is 51.2 Å². The predicted molar refractivity (Wildman–Crippen MR) is 145 cm³/mol. The summed E-state index contributed by atoms with van der Waals surface area (Å²) in [7, 11) is 1.55. The van der Waals surface area contributed by atoms with Crippen LogP contribution in [0, 0.1) is 0 Å². The molecule has 0 bridgehead atoms. The van der Waals surface area contributed by atoms with Crippen LogP contribution in [0.4, 0.5) is 0 Å². The molecule has 1 aromatic carbocycles. The molecule has 9 nitrogen and oxygen atoms in total. The molecule has 2 aromatic heterocycles. The second-order valence-corrected chi connectivity index (χ2v) is 8.89. The number of benzene rings is 1. The standard InChI is InChI=1S/C28H35N5O4/c1-5-6-7-15-23-25(32-28(36)31-23)27(35)33(20(3)34)18-11-10-12-19(2)30-26(37-4)24-22-14-9-8-13-21(22)16-17-29-24/h8-9,13-14,16-17H,2,5-7,10-12,15,18H2,1,3-4H3,(H2,31,32,36). The van der Waals surface area contributed by atoms with Crippen molar-refractivity contribution in [1.29, 1.82) is 0 Å². The van der Waals surface area contributed by atoms with Gasteiger partial charge in [-0.2, -0.15) is 0 Å². The number of hydrogen-bond donors (Lipinski definition) is 2.